The maximum atomic E-state index is 12.9. The van der Waals surface area contributed by atoms with E-state index in [4.69, 9.17) is 0 Å². The maximum absolute atomic E-state index is 12.9. The van der Waals surface area contributed by atoms with Gasteiger partial charge in [0.2, 0.25) is 5.91 Å². The first kappa shape index (κ1) is 19.8. The predicted molar refractivity (Wildman–Crippen MR) is 103 cm³/mol. The molecule has 3 rings (SSSR count). The minimum Gasteiger partial charge on any atom is -0.350 e. The van der Waals surface area contributed by atoms with Crippen molar-refractivity contribution in [3.05, 3.63) is 78.6 Å². The third-order valence-electron chi connectivity index (χ3n) is 4.34. The van der Waals surface area contributed by atoms with Crippen LogP contribution < -0.4 is 5.32 Å². The third-order valence-corrected chi connectivity index (χ3v) is 6.08. The molecule has 0 aliphatic carbocycles. The maximum Gasteiger partial charge on any atom is 0.221 e. The molecule has 1 atom stereocenters. The van der Waals surface area contributed by atoms with Gasteiger partial charge < -0.3 is 9.88 Å². The summed E-state index contributed by atoms with van der Waals surface area (Å²) in [6.07, 6.45) is 5.05. The van der Waals surface area contributed by atoms with Crippen LogP contribution in [0.15, 0.2) is 72.1 Å². The number of imidazole rings is 1. The third kappa shape index (κ3) is 4.83. The van der Waals surface area contributed by atoms with Gasteiger partial charge in [-0.2, -0.15) is 0 Å². The largest absolute Gasteiger partial charge is 0.350 e. The Morgan fingerprint density at radius 2 is 1.82 bits per heavy atom. The molecule has 0 aliphatic rings. The van der Waals surface area contributed by atoms with Crippen LogP contribution in [0.1, 0.15) is 24.9 Å². The van der Waals surface area contributed by atoms with E-state index in [2.05, 4.69) is 10.3 Å². The molecule has 1 unspecified atom stereocenters. The van der Waals surface area contributed by atoms with Gasteiger partial charge in [0.15, 0.2) is 9.84 Å². The van der Waals surface area contributed by atoms with Crippen LogP contribution >= 0.6 is 0 Å². The van der Waals surface area contributed by atoms with Crippen LogP contribution in [0.25, 0.3) is 5.69 Å². The van der Waals surface area contributed by atoms with E-state index in [-0.39, 0.29) is 29.0 Å². The van der Waals surface area contributed by atoms with Crippen molar-refractivity contribution < 1.29 is 17.6 Å². The van der Waals surface area contributed by atoms with E-state index in [1.165, 1.54) is 12.1 Å². The lowest BCUT2D eigenvalue weighted by molar-refractivity contribution is -0.121. The van der Waals surface area contributed by atoms with Crippen LogP contribution in [0.4, 0.5) is 4.39 Å². The molecule has 1 aromatic heterocycles. The summed E-state index contributed by atoms with van der Waals surface area (Å²) in [5.41, 5.74) is 1.85. The molecule has 2 aromatic carbocycles. The second-order valence-corrected chi connectivity index (χ2v) is 8.48. The van der Waals surface area contributed by atoms with E-state index >= 15 is 0 Å². The summed E-state index contributed by atoms with van der Waals surface area (Å²) < 4.78 is 39.3. The van der Waals surface area contributed by atoms with Crippen molar-refractivity contribution in [3.63, 3.8) is 0 Å². The van der Waals surface area contributed by atoms with Gasteiger partial charge in [-0.25, -0.2) is 17.8 Å². The van der Waals surface area contributed by atoms with Gasteiger partial charge in [0, 0.05) is 24.5 Å². The van der Waals surface area contributed by atoms with Crippen molar-refractivity contribution in [1.29, 1.82) is 0 Å². The zero-order valence-electron chi connectivity index (χ0n) is 15.2. The first-order valence-electron chi connectivity index (χ1n) is 8.71. The number of sulfone groups is 1. The van der Waals surface area contributed by atoms with Gasteiger partial charge in [0.05, 0.1) is 23.0 Å². The lowest BCUT2D eigenvalue weighted by Crippen LogP contribution is -2.28. The van der Waals surface area contributed by atoms with Gasteiger partial charge in [0.25, 0.3) is 0 Å². The summed E-state index contributed by atoms with van der Waals surface area (Å²) in [5.74, 6) is -1.21. The van der Waals surface area contributed by atoms with Gasteiger partial charge in [-0.05, 0) is 48.9 Å². The molecular formula is C20H20FN3O3S. The molecule has 0 fully saturated rings. The Morgan fingerprint density at radius 3 is 2.43 bits per heavy atom. The Bertz CT molecular complexity index is 1030. The Kier molecular flexibility index (Phi) is 5.89. The Labute approximate surface area is 163 Å². The SMILES string of the molecule is CC(NC(=O)CCS(=O)(=O)c1ccc(F)cc1)c1ccc(-n2ccnc2)cc1. The van der Waals surface area contributed by atoms with E-state index < -0.39 is 15.7 Å². The smallest absolute Gasteiger partial charge is 0.221 e. The van der Waals surface area contributed by atoms with Crippen molar-refractivity contribution in [2.45, 2.75) is 24.3 Å². The monoisotopic (exact) mass is 401 g/mol. The molecule has 1 N–H and O–H groups in total. The number of nitrogens with zero attached hydrogens (tertiary/aromatic N) is 2. The molecule has 0 saturated heterocycles. The minimum absolute atomic E-state index is 0.00448. The molecule has 28 heavy (non-hydrogen) atoms. The summed E-state index contributed by atoms with van der Waals surface area (Å²) in [5, 5.41) is 2.80. The van der Waals surface area contributed by atoms with E-state index in [0.29, 0.717) is 0 Å². The minimum atomic E-state index is -3.64. The fourth-order valence-corrected chi connectivity index (χ4v) is 3.97. The van der Waals surface area contributed by atoms with Crippen molar-refractivity contribution in [1.82, 2.24) is 14.9 Å². The Hall–Kier alpha value is -3.00. The highest BCUT2D eigenvalue weighted by molar-refractivity contribution is 7.91. The number of hydrogen-bond acceptors (Lipinski definition) is 4. The predicted octanol–water partition coefficient (Wildman–Crippen LogP) is 3.05. The molecular weight excluding hydrogens is 381 g/mol. The van der Waals surface area contributed by atoms with Crippen LogP contribution in [0, 0.1) is 5.82 Å². The molecule has 1 heterocycles. The average molecular weight is 401 g/mol. The molecule has 0 bridgehead atoms. The fraction of sp³-hybridized carbons (Fsp3) is 0.200. The second kappa shape index (κ2) is 8.35. The summed E-state index contributed by atoms with van der Waals surface area (Å²) in [6, 6.07) is 11.9. The quantitative estimate of drug-likeness (QED) is 0.617. The van der Waals surface area contributed by atoms with Crippen LogP contribution in [0.3, 0.4) is 0 Å². The zero-order chi connectivity index (χ0) is 20.1. The van der Waals surface area contributed by atoms with Gasteiger partial charge in [0.1, 0.15) is 5.82 Å². The van der Waals surface area contributed by atoms with Gasteiger partial charge >= 0.3 is 0 Å². The number of benzene rings is 2. The zero-order valence-corrected chi connectivity index (χ0v) is 16.1. The normalized spacial score (nSPS) is 12.5. The van der Waals surface area contributed by atoms with Crippen LogP contribution in [0.2, 0.25) is 0 Å². The number of aromatic nitrogens is 2. The number of carbonyl (C=O) groups is 1. The highest BCUT2D eigenvalue weighted by Gasteiger charge is 2.18. The summed E-state index contributed by atoms with van der Waals surface area (Å²) in [4.78, 5) is 16.2. The molecule has 0 aliphatic heterocycles. The van der Waals surface area contributed by atoms with Crippen LogP contribution in [-0.2, 0) is 14.6 Å². The lowest BCUT2D eigenvalue weighted by atomic mass is 10.1. The molecule has 8 heteroatoms. The van der Waals surface area contributed by atoms with E-state index in [0.717, 1.165) is 23.4 Å². The Balaban J connectivity index is 1.56. The number of hydrogen-bond donors (Lipinski definition) is 1. The first-order valence-corrected chi connectivity index (χ1v) is 10.4. The molecule has 0 radical (unpaired) electrons. The number of carbonyl (C=O) groups excluding carboxylic acids is 1. The molecule has 6 nitrogen and oxygen atoms in total. The average Bonchev–Trinajstić information content (AvgIpc) is 3.22. The molecule has 146 valence electrons. The van der Waals surface area contributed by atoms with Gasteiger partial charge in [-0.1, -0.05) is 12.1 Å². The molecule has 3 aromatic rings. The number of nitrogens with one attached hydrogen (secondary N) is 1. The molecule has 0 saturated carbocycles. The van der Waals surface area contributed by atoms with E-state index in [9.17, 15) is 17.6 Å². The highest BCUT2D eigenvalue weighted by Crippen LogP contribution is 2.17. The van der Waals surface area contributed by atoms with Crippen molar-refractivity contribution in [2.24, 2.45) is 0 Å². The van der Waals surface area contributed by atoms with E-state index in [1.807, 2.05) is 42.0 Å². The van der Waals surface area contributed by atoms with Crippen molar-refractivity contribution in [3.8, 4) is 5.69 Å². The highest BCUT2D eigenvalue weighted by atomic mass is 32.2. The van der Waals surface area contributed by atoms with E-state index in [1.54, 1.807) is 12.5 Å². The summed E-state index contributed by atoms with van der Waals surface area (Å²) in [6.45, 7) is 1.83. The van der Waals surface area contributed by atoms with Gasteiger partial charge in [-0.3, -0.25) is 4.79 Å². The first-order chi connectivity index (χ1) is 13.3. The fourth-order valence-electron chi connectivity index (χ4n) is 2.73. The standard InChI is InChI=1S/C20H20FN3O3S/c1-15(16-2-6-18(7-3-16)24-12-11-22-14-24)23-20(25)10-13-28(26,27)19-8-4-17(21)5-9-19/h2-9,11-12,14-15H,10,13H2,1H3,(H,23,25). The molecule has 0 spiro atoms. The van der Waals surface area contributed by atoms with Crippen molar-refractivity contribution in [2.75, 3.05) is 5.75 Å². The lowest BCUT2D eigenvalue weighted by Gasteiger charge is -2.15. The summed E-state index contributed by atoms with van der Waals surface area (Å²) >= 11 is 0. The van der Waals surface area contributed by atoms with Gasteiger partial charge in [-0.15, -0.1) is 0 Å². The topological polar surface area (TPSA) is 81.1 Å². The summed E-state index contributed by atoms with van der Waals surface area (Å²) in [7, 11) is -3.64. The number of rotatable bonds is 7. The number of amides is 1. The molecule has 1 amide bonds. The number of halogens is 1. The van der Waals surface area contributed by atoms with Crippen LogP contribution in [-0.4, -0.2) is 29.6 Å². The van der Waals surface area contributed by atoms with Crippen molar-refractivity contribution >= 4 is 15.7 Å². The Morgan fingerprint density at radius 1 is 1.14 bits per heavy atom. The second-order valence-electron chi connectivity index (χ2n) is 6.37. The van der Waals surface area contributed by atoms with Crippen LogP contribution in [0.5, 0.6) is 0 Å².